The van der Waals surface area contributed by atoms with Gasteiger partial charge < -0.3 is 75.1 Å². The number of para-hydroxylation sites is 1. The summed E-state index contributed by atoms with van der Waals surface area (Å²) in [5, 5.41) is 71.1. The number of carboxylic acid groups (broad SMARTS) is 2. The van der Waals surface area contributed by atoms with Crippen LogP contribution >= 0.6 is 11.3 Å². The van der Waals surface area contributed by atoms with Crippen LogP contribution in [-0.2, 0) is 95.7 Å². The molecule has 35 nitrogen and oxygen atoms in total. The third kappa shape index (κ3) is 20.3. The number of likely N-dealkylation sites (tertiary alicyclic amines) is 1. The molecular weight excluding hydrogens is 1610 g/mol. The van der Waals surface area contributed by atoms with E-state index in [9.17, 15) is 89.8 Å². The van der Waals surface area contributed by atoms with Gasteiger partial charge in [-0.25, -0.2) is 24.4 Å². The van der Waals surface area contributed by atoms with Gasteiger partial charge >= 0.3 is 18.0 Å². The topological polar surface area (TPSA) is 488 Å². The van der Waals surface area contributed by atoms with E-state index in [4.69, 9.17) is 29.0 Å². The Morgan fingerprint density at radius 3 is 2.23 bits per heavy atom. The van der Waals surface area contributed by atoms with Gasteiger partial charge in [0.05, 0.1) is 72.0 Å². The third-order valence-corrected chi connectivity index (χ3v) is 26.4. The van der Waals surface area contributed by atoms with E-state index < -0.39 is 154 Å². The number of aliphatic hydroxyl groups excluding tert-OH is 3. The number of nitrogens with zero attached hydrogens (tertiary/aromatic N) is 8. The van der Waals surface area contributed by atoms with E-state index in [-0.39, 0.29) is 91.9 Å². The van der Waals surface area contributed by atoms with Crippen LogP contribution in [0.5, 0.6) is 0 Å². The average Bonchev–Trinajstić information content (AvgIpc) is 0.805. The van der Waals surface area contributed by atoms with Gasteiger partial charge in [-0.15, -0.1) is 0 Å². The number of ether oxygens (including phenoxy) is 4. The maximum absolute atomic E-state index is 14.4. The van der Waals surface area contributed by atoms with E-state index >= 15 is 0 Å². The third-order valence-electron chi connectivity index (χ3n) is 24.0. The second-order valence-corrected chi connectivity index (χ2v) is 38.1. The molecule has 4 aliphatic carbocycles. The van der Waals surface area contributed by atoms with Crippen LogP contribution in [-0.4, -0.2) is 264 Å². The van der Waals surface area contributed by atoms with Crippen LogP contribution in [0.1, 0.15) is 135 Å². The Morgan fingerprint density at radius 1 is 0.798 bits per heavy atom. The second kappa shape index (κ2) is 35.3. The SMILES string of the molecule is Cc1c(-c2ccc(N3CCc4cccc(C(=O)Nc5nc6ccccc6s5)c4C3)nc2C(=O)O)cnn1CC12CC3(C)CC(C)(C1)CC(OCCN(CCS(=O)(=O)O)C(=O)OCc1ccc(NC[C@H](C)NC[C@@H](NC(=O)CN4C(=O)[C@@H](N5C(=O)C=CC5=O)C[C@H]4COCCS(=O)(=O)O)C(C)C)cc1CC[C@@H]1O[C@H](C(=O)O)[C@@H](O)[C@H](O)[C@H]1O)(C3)C2. The molecule has 4 bridgehead atoms. The fourth-order valence-corrected chi connectivity index (χ4v) is 21.1. The summed E-state index contributed by atoms with van der Waals surface area (Å²) in [6.07, 6.45) is -0.831. The van der Waals surface area contributed by atoms with Gasteiger partial charge in [-0.05, 0) is 159 Å². The number of amides is 6. The molecule has 2 unspecified atom stereocenters. The number of benzene rings is 3. The van der Waals surface area contributed by atoms with Crippen molar-refractivity contribution in [2.75, 3.05) is 86.1 Å². The molecule has 3 aromatic carbocycles. The number of nitrogens with one attached hydrogen (secondary N) is 4. The molecule has 6 aromatic rings. The number of hydrogen-bond acceptors (Lipinski definition) is 26. The van der Waals surface area contributed by atoms with Crippen molar-refractivity contribution in [3.05, 3.63) is 130 Å². The number of aromatic carboxylic acids is 1. The molecule has 0 spiro atoms. The molecule has 38 heteroatoms. The number of carbonyl (C=O) groups is 8. The van der Waals surface area contributed by atoms with Crippen LogP contribution in [0.15, 0.2) is 91.1 Å². The number of anilines is 3. The van der Waals surface area contributed by atoms with Gasteiger partial charge in [0, 0.05) is 105 Å². The lowest BCUT2D eigenvalue weighted by Gasteiger charge is -2.69. The monoisotopic (exact) mass is 1710 g/mol. The van der Waals surface area contributed by atoms with Gasteiger partial charge in [0.2, 0.25) is 11.8 Å². The van der Waals surface area contributed by atoms with E-state index in [2.05, 4.69) is 40.1 Å². The standard InChI is InChI=1S/C81H102N12O23S3/c1-46(2)59(85-64(94)36-91-53(38-113-27-29-119(110,111)112)31-60(73(91)101)93-65(95)20-21-66(93)96)34-82-47(3)32-83-52-16-14-51(50(30-52)15-18-61-68(97)69(98)70(99)71(116-61)75(104)105)37-114-77(106)89(25-28-118(107,108)109)24-26-115-81-42-78(5)39-79(6,43-81)41-80(40-78,44-81)45-92-48(4)56(33-84-92)54-17-19-63(87-67(54)74(102)103)90-23-22-49-10-9-11-55(57(49)35-90)72(100)88-76-86-58-12-7-8-13-62(58)117-76/h7-14,16-17,19-21,30,33,46-47,53,59-61,68-71,82-83,97-99H,15,18,22-29,31-32,34-45H2,1-6H3,(H,85,94)(H,102,103)(H,104,105)(H,86,88,100)(H,107,108,109)(H,110,111,112)/t47-,53-,59+,60-,61-,68-,69+,70-,71-,78?,79?,80?,81?/m0/s1. The molecule has 119 heavy (non-hydrogen) atoms. The fraction of sp³-hybridized carbons (Fsp3) is 0.543. The Labute approximate surface area is 691 Å². The van der Waals surface area contributed by atoms with Crippen molar-refractivity contribution >= 4 is 106 Å². The summed E-state index contributed by atoms with van der Waals surface area (Å²) in [6, 6.07) is 19.0. The highest BCUT2D eigenvalue weighted by atomic mass is 32.2. The molecule has 6 fully saturated rings. The van der Waals surface area contributed by atoms with Crippen molar-refractivity contribution in [3.8, 4) is 11.1 Å². The van der Waals surface area contributed by atoms with Crippen LogP contribution in [0, 0.1) is 29.1 Å². The molecule has 6 amide bonds. The first-order chi connectivity index (χ1) is 56.3. The summed E-state index contributed by atoms with van der Waals surface area (Å²) in [4.78, 5) is 121. The summed E-state index contributed by atoms with van der Waals surface area (Å²) in [5.41, 5.74) is 4.75. The average molecular weight is 1710 g/mol. The van der Waals surface area contributed by atoms with Crippen molar-refractivity contribution in [2.45, 2.75) is 186 Å². The first-order valence-electron chi connectivity index (χ1n) is 39.8. The number of rotatable bonds is 36. The number of aromatic nitrogens is 4. The first-order valence-corrected chi connectivity index (χ1v) is 43.8. The van der Waals surface area contributed by atoms with Crippen LogP contribution in [0.3, 0.4) is 0 Å². The Morgan fingerprint density at radius 2 is 1.53 bits per heavy atom. The molecule has 7 heterocycles. The number of hydrogen-bond donors (Lipinski definition) is 11. The molecule has 4 saturated carbocycles. The zero-order valence-electron chi connectivity index (χ0n) is 66.9. The van der Waals surface area contributed by atoms with E-state index in [1.165, 1.54) is 16.2 Å². The molecule has 8 aliphatic rings. The van der Waals surface area contributed by atoms with Crippen molar-refractivity contribution in [1.82, 2.24) is 45.1 Å². The van der Waals surface area contributed by atoms with E-state index in [1.54, 1.807) is 42.6 Å². The normalized spacial score (nSPS) is 25.9. The Hall–Kier alpha value is -9.45. The molecular formula is C81H102N12O23S3. The number of aryl methyl sites for hydroxylation is 1. The summed E-state index contributed by atoms with van der Waals surface area (Å²) in [5.74, 6) is -7.06. The molecule has 11 N–H and O–H groups in total. The lowest BCUT2D eigenvalue weighted by molar-refractivity contribution is -0.248. The molecule has 14 rings (SSSR count). The quantitative estimate of drug-likeness (QED) is 0.0136. The van der Waals surface area contributed by atoms with E-state index in [1.807, 2.05) is 73.7 Å². The number of carbonyl (C=O) groups excluding carboxylic acids is 6. The summed E-state index contributed by atoms with van der Waals surface area (Å²) >= 11 is 1.39. The highest BCUT2D eigenvalue weighted by Crippen LogP contribution is 2.72. The first kappa shape index (κ1) is 87.4. The highest BCUT2D eigenvalue weighted by Gasteiger charge is 2.66. The van der Waals surface area contributed by atoms with Crippen LogP contribution < -0.4 is 26.2 Å². The van der Waals surface area contributed by atoms with Gasteiger partial charge in [0.25, 0.3) is 38.0 Å². The lowest BCUT2D eigenvalue weighted by atomic mass is 9.39. The summed E-state index contributed by atoms with van der Waals surface area (Å²) in [7, 11) is -9.00. The molecule has 3 aromatic heterocycles. The molecule has 4 aliphatic heterocycles. The summed E-state index contributed by atoms with van der Waals surface area (Å²) < 4.78 is 93.7. The Kier molecular flexibility index (Phi) is 25.9. The zero-order chi connectivity index (χ0) is 85.4. The number of pyridine rings is 1. The number of aliphatic carboxylic acids is 1. The predicted octanol–water partition coefficient (Wildman–Crippen LogP) is 5.24. The molecule has 11 atom stereocenters. The maximum Gasteiger partial charge on any atom is 0.410 e. The van der Waals surface area contributed by atoms with Gasteiger partial charge in [0.1, 0.15) is 36.8 Å². The van der Waals surface area contributed by atoms with E-state index in [0.29, 0.717) is 89.8 Å². The van der Waals surface area contributed by atoms with Gasteiger partial charge in [-0.2, -0.15) is 21.9 Å². The van der Waals surface area contributed by atoms with Crippen LogP contribution in [0.25, 0.3) is 21.3 Å². The van der Waals surface area contributed by atoms with Crippen LogP contribution in [0.2, 0.25) is 0 Å². The number of thiazole rings is 1. The maximum atomic E-state index is 14.4. The number of imide groups is 1. The molecule has 0 radical (unpaired) electrons. The van der Waals surface area contributed by atoms with Crippen LogP contribution in [0.4, 0.5) is 21.4 Å². The van der Waals surface area contributed by atoms with Crippen molar-refractivity contribution in [3.63, 3.8) is 0 Å². The Bertz CT molecular complexity index is 5090. The van der Waals surface area contributed by atoms with Gasteiger partial charge in [0.15, 0.2) is 16.9 Å². The fourth-order valence-electron chi connectivity index (χ4n) is 19.4. The smallest absolute Gasteiger partial charge is 0.410 e. The Balaban J connectivity index is 0.654. The highest BCUT2D eigenvalue weighted by molar-refractivity contribution is 7.86. The minimum absolute atomic E-state index is 0.0235. The molecule has 2 saturated heterocycles. The molecule has 642 valence electrons. The minimum atomic E-state index is -4.62. The number of carboxylic acids is 2. The summed E-state index contributed by atoms with van der Waals surface area (Å²) in [6.45, 7) is 11.6. The van der Waals surface area contributed by atoms with Crippen molar-refractivity contribution in [1.29, 1.82) is 0 Å². The minimum Gasteiger partial charge on any atom is -0.479 e. The second-order valence-electron chi connectivity index (χ2n) is 33.9. The van der Waals surface area contributed by atoms with Crippen molar-refractivity contribution < 1.29 is 109 Å². The predicted molar refractivity (Wildman–Crippen MR) is 433 cm³/mol. The van der Waals surface area contributed by atoms with Crippen molar-refractivity contribution in [2.24, 2.45) is 22.2 Å². The van der Waals surface area contributed by atoms with Gasteiger partial charge in [-0.3, -0.25) is 48.0 Å². The number of aliphatic hydroxyl groups is 3. The lowest BCUT2D eigenvalue weighted by Crippen LogP contribution is -2.64. The van der Waals surface area contributed by atoms with Gasteiger partial charge in [-0.1, -0.05) is 69.4 Å². The van der Waals surface area contributed by atoms with E-state index in [0.717, 1.165) is 68.3 Å². The zero-order valence-corrected chi connectivity index (χ0v) is 69.3. The number of fused-ring (bicyclic) bond motifs is 2. The largest absolute Gasteiger partial charge is 0.479 e.